The second-order valence-corrected chi connectivity index (χ2v) is 9.58. The van der Waals surface area contributed by atoms with E-state index in [2.05, 4.69) is 4.90 Å². The normalized spacial score (nSPS) is 20.3. The molecule has 1 fully saturated rings. The number of rotatable bonds is 7. The molecule has 2 atom stereocenters. The molecular formula is C25H28Cl2N2O4. The van der Waals surface area contributed by atoms with Gasteiger partial charge in [0, 0.05) is 13.1 Å². The van der Waals surface area contributed by atoms with Crippen LogP contribution < -0.4 is 4.74 Å². The molecule has 1 aliphatic carbocycles. The van der Waals surface area contributed by atoms with Crippen molar-refractivity contribution in [2.75, 3.05) is 26.7 Å². The number of ether oxygens (including phenoxy) is 1. The van der Waals surface area contributed by atoms with Crippen LogP contribution in [0.15, 0.2) is 36.4 Å². The number of aryl methyl sites for hydroxylation is 1. The molecule has 1 amide bonds. The van der Waals surface area contributed by atoms with Crippen LogP contribution in [0.4, 0.5) is 0 Å². The molecule has 33 heavy (non-hydrogen) atoms. The van der Waals surface area contributed by atoms with Gasteiger partial charge in [-0.3, -0.25) is 9.69 Å². The van der Waals surface area contributed by atoms with Gasteiger partial charge in [0.05, 0.1) is 22.5 Å². The molecule has 2 aromatic carbocycles. The Labute approximate surface area is 204 Å². The molecule has 176 valence electrons. The van der Waals surface area contributed by atoms with Crippen molar-refractivity contribution in [2.24, 2.45) is 0 Å². The number of hydrogen-bond acceptors (Lipinski definition) is 4. The predicted octanol–water partition coefficient (Wildman–Crippen LogP) is 4.61. The van der Waals surface area contributed by atoms with E-state index in [1.165, 1.54) is 18.4 Å². The highest BCUT2D eigenvalue weighted by Crippen LogP contribution is 2.40. The standard InChI is InChI=1S/C25H28Cl2N2O4/c1-28(23(30)13-16-4-8-20(26)21(27)12-16)25-19-14-18(33-15-24(31)32)7-5-17(19)6-9-22(25)29-10-2-3-11-29/h4-5,7-8,12,14,22,25H,2-3,6,9-11,13,15H2,1H3,(H,31,32)/t22-,25-/m0/s1. The van der Waals surface area contributed by atoms with Gasteiger partial charge in [0.2, 0.25) is 5.91 Å². The Hall–Kier alpha value is -2.28. The van der Waals surface area contributed by atoms with E-state index in [0.29, 0.717) is 15.8 Å². The summed E-state index contributed by atoms with van der Waals surface area (Å²) in [5.74, 6) is -0.519. The summed E-state index contributed by atoms with van der Waals surface area (Å²) < 4.78 is 5.46. The molecule has 0 unspecified atom stereocenters. The van der Waals surface area contributed by atoms with E-state index in [0.717, 1.165) is 37.1 Å². The fourth-order valence-electron chi connectivity index (χ4n) is 5.01. The van der Waals surface area contributed by atoms with Crippen LogP contribution in [0.2, 0.25) is 10.0 Å². The van der Waals surface area contributed by atoms with Gasteiger partial charge in [-0.25, -0.2) is 4.79 Å². The Morgan fingerprint density at radius 2 is 1.88 bits per heavy atom. The third-order valence-electron chi connectivity index (χ3n) is 6.63. The third-order valence-corrected chi connectivity index (χ3v) is 7.37. The van der Waals surface area contributed by atoms with Gasteiger partial charge in [-0.2, -0.15) is 0 Å². The quantitative estimate of drug-likeness (QED) is 0.613. The highest BCUT2D eigenvalue weighted by molar-refractivity contribution is 6.42. The summed E-state index contributed by atoms with van der Waals surface area (Å²) in [7, 11) is 1.85. The van der Waals surface area contributed by atoms with Gasteiger partial charge in [-0.05, 0) is 79.7 Å². The van der Waals surface area contributed by atoms with Crippen LogP contribution in [0.3, 0.4) is 0 Å². The number of carboxylic acids is 1. The molecule has 0 spiro atoms. The second-order valence-electron chi connectivity index (χ2n) is 8.77. The zero-order chi connectivity index (χ0) is 23.5. The molecule has 0 aromatic heterocycles. The van der Waals surface area contributed by atoms with E-state index in [9.17, 15) is 9.59 Å². The third kappa shape index (κ3) is 5.45. The van der Waals surface area contributed by atoms with Crippen molar-refractivity contribution in [1.29, 1.82) is 0 Å². The second kappa shape index (κ2) is 10.3. The van der Waals surface area contributed by atoms with Crippen molar-refractivity contribution in [3.05, 3.63) is 63.1 Å². The van der Waals surface area contributed by atoms with Crippen LogP contribution in [0.25, 0.3) is 0 Å². The van der Waals surface area contributed by atoms with Gasteiger partial charge in [0.15, 0.2) is 6.61 Å². The Balaban J connectivity index is 1.63. The number of carbonyl (C=O) groups excluding carboxylic acids is 1. The SMILES string of the molecule is CN(C(=O)Cc1ccc(Cl)c(Cl)c1)[C@H]1c2cc(OCC(=O)O)ccc2CC[C@@H]1N1CCCC1. The first-order chi connectivity index (χ1) is 15.8. The number of carboxylic acid groups (broad SMARTS) is 1. The van der Waals surface area contributed by atoms with E-state index >= 15 is 0 Å². The number of likely N-dealkylation sites (N-methyl/N-ethyl adjacent to an activating group) is 1. The molecule has 4 rings (SSSR count). The molecule has 6 nitrogen and oxygen atoms in total. The van der Waals surface area contributed by atoms with E-state index in [-0.39, 0.29) is 24.4 Å². The van der Waals surface area contributed by atoms with Crippen LogP contribution in [0.1, 0.15) is 42.0 Å². The number of likely N-dealkylation sites (tertiary alicyclic amines) is 1. The topological polar surface area (TPSA) is 70.1 Å². The maximum Gasteiger partial charge on any atom is 0.341 e. The molecule has 8 heteroatoms. The summed E-state index contributed by atoms with van der Waals surface area (Å²) in [5, 5.41) is 9.88. The monoisotopic (exact) mass is 490 g/mol. The Bertz CT molecular complexity index is 1040. The Morgan fingerprint density at radius 3 is 2.58 bits per heavy atom. The lowest BCUT2D eigenvalue weighted by Gasteiger charge is -2.43. The van der Waals surface area contributed by atoms with E-state index in [4.69, 9.17) is 33.0 Å². The average Bonchev–Trinajstić information content (AvgIpc) is 3.33. The number of carbonyl (C=O) groups is 2. The van der Waals surface area contributed by atoms with Crippen LogP contribution in [-0.2, 0) is 22.4 Å². The minimum Gasteiger partial charge on any atom is -0.482 e. The van der Waals surface area contributed by atoms with Gasteiger partial charge in [-0.1, -0.05) is 35.3 Å². The molecule has 2 aliphatic rings. The first kappa shape index (κ1) is 23.9. The number of amides is 1. The molecule has 0 bridgehead atoms. The highest BCUT2D eigenvalue weighted by Gasteiger charge is 2.38. The first-order valence-electron chi connectivity index (χ1n) is 11.2. The summed E-state index contributed by atoms with van der Waals surface area (Å²) in [6.45, 7) is 1.66. The van der Waals surface area contributed by atoms with Crippen LogP contribution in [-0.4, -0.2) is 59.6 Å². The van der Waals surface area contributed by atoms with Crippen LogP contribution >= 0.6 is 23.2 Å². The van der Waals surface area contributed by atoms with Crippen LogP contribution in [0.5, 0.6) is 5.75 Å². The van der Waals surface area contributed by atoms with Gasteiger partial charge in [0.25, 0.3) is 0 Å². The molecule has 0 radical (unpaired) electrons. The van der Waals surface area contributed by atoms with E-state index < -0.39 is 12.6 Å². The van der Waals surface area contributed by atoms with Crippen molar-refractivity contribution in [3.8, 4) is 5.75 Å². The lowest BCUT2D eigenvalue weighted by atomic mass is 9.82. The minimum atomic E-state index is -1.02. The number of halogens is 2. The summed E-state index contributed by atoms with van der Waals surface area (Å²) >= 11 is 12.2. The largest absolute Gasteiger partial charge is 0.482 e. The number of nitrogens with zero attached hydrogens (tertiary/aromatic N) is 2. The predicted molar refractivity (Wildman–Crippen MR) is 128 cm³/mol. The molecular weight excluding hydrogens is 463 g/mol. The number of benzene rings is 2. The zero-order valence-corrected chi connectivity index (χ0v) is 20.1. The smallest absolute Gasteiger partial charge is 0.341 e. The maximum atomic E-state index is 13.4. The van der Waals surface area contributed by atoms with E-state index in [1.807, 2.05) is 36.2 Å². The van der Waals surface area contributed by atoms with Gasteiger partial charge in [-0.15, -0.1) is 0 Å². The van der Waals surface area contributed by atoms with Crippen LogP contribution in [0, 0.1) is 0 Å². The maximum absolute atomic E-state index is 13.4. The van der Waals surface area contributed by atoms with E-state index in [1.54, 1.807) is 12.1 Å². The average molecular weight is 491 g/mol. The number of aliphatic carboxylic acids is 1. The summed E-state index contributed by atoms with van der Waals surface area (Å²) in [6.07, 6.45) is 4.44. The fraction of sp³-hybridized carbons (Fsp3) is 0.440. The lowest BCUT2D eigenvalue weighted by Crippen LogP contribution is -2.48. The van der Waals surface area contributed by atoms with Crippen molar-refractivity contribution in [2.45, 2.75) is 44.2 Å². The summed E-state index contributed by atoms with van der Waals surface area (Å²) in [6, 6.07) is 11.1. The minimum absolute atomic E-state index is 0.00714. The van der Waals surface area contributed by atoms with Crippen molar-refractivity contribution < 1.29 is 19.4 Å². The molecule has 1 N–H and O–H groups in total. The number of fused-ring (bicyclic) bond motifs is 1. The summed E-state index contributed by atoms with van der Waals surface area (Å²) in [4.78, 5) is 28.7. The van der Waals surface area contributed by atoms with Crippen molar-refractivity contribution in [1.82, 2.24) is 9.80 Å². The van der Waals surface area contributed by atoms with Gasteiger partial charge in [0.1, 0.15) is 5.75 Å². The highest BCUT2D eigenvalue weighted by atomic mass is 35.5. The fourth-order valence-corrected chi connectivity index (χ4v) is 5.33. The van der Waals surface area contributed by atoms with Crippen molar-refractivity contribution >= 4 is 35.1 Å². The molecule has 1 saturated heterocycles. The first-order valence-corrected chi connectivity index (χ1v) is 12.0. The van der Waals surface area contributed by atoms with Gasteiger partial charge >= 0.3 is 5.97 Å². The molecule has 1 heterocycles. The zero-order valence-electron chi connectivity index (χ0n) is 18.6. The van der Waals surface area contributed by atoms with Crippen molar-refractivity contribution in [3.63, 3.8) is 0 Å². The van der Waals surface area contributed by atoms with Gasteiger partial charge < -0.3 is 14.7 Å². The number of hydrogen-bond donors (Lipinski definition) is 1. The molecule has 2 aromatic rings. The Morgan fingerprint density at radius 1 is 1.12 bits per heavy atom. The molecule has 1 aliphatic heterocycles. The summed E-state index contributed by atoms with van der Waals surface area (Å²) in [5.41, 5.74) is 3.02. The lowest BCUT2D eigenvalue weighted by molar-refractivity contribution is -0.139. The Kier molecular flexibility index (Phi) is 7.47. The molecule has 0 saturated carbocycles.